The minimum absolute atomic E-state index is 0.177. The smallest absolute Gasteiger partial charge is 0.246 e. The first-order valence-electron chi connectivity index (χ1n) is 6.30. The summed E-state index contributed by atoms with van der Waals surface area (Å²) >= 11 is 0. The molecule has 21 heavy (non-hydrogen) atoms. The van der Waals surface area contributed by atoms with E-state index in [-0.39, 0.29) is 18.0 Å². The van der Waals surface area contributed by atoms with Crippen LogP contribution in [0.2, 0.25) is 0 Å². The number of aliphatic hydroxyl groups is 1. The summed E-state index contributed by atoms with van der Waals surface area (Å²) in [6.07, 6.45) is 1.98. The first-order valence-corrected chi connectivity index (χ1v) is 9.63. The van der Waals surface area contributed by atoms with Crippen LogP contribution < -0.4 is 0 Å². The third-order valence-corrected chi connectivity index (χ3v) is 6.53. The summed E-state index contributed by atoms with van der Waals surface area (Å²) in [5, 5.41) is 9.20. The quantitative estimate of drug-likeness (QED) is 0.802. The molecule has 1 aliphatic heterocycles. The lowest BCUT2D eigenvalue weighted by molar-refractivity contribution is 0.213. The maximum absolute atomic E-state index is 13.9. The number of sulfone groups is 1. The van der Waals surface area contributed by atoms with E-state index < -0.39 is 36.6 Å². The maximum atomic E-state index is 13.9. The van der Waals surface area contributed by atoms with Crippen LogP contribution in [0, 0.1) is 5.82 Å². The Bertz CT molecular complexity index is 745. The van der Waals surface area contributed by atoms with Crippen molar-refractivity contribution in [3.8, 4) is 0 Å². The van der Waals surface area contributed by atoms with E-state index in [0.717, 1.165) is 28.8 Å². The molecule has 0 amide bonds. The largest absolute Gasteiger partial charge is 0.395 e. The van der Waals surface area contributed by atoms with Crippen LogP contribution in [0.25, 0.3) is 0 Å². The molecule has 1 aromatic carbocycles. The van der Waals surface area contributed by atoms with Crippen molar-refractivity contribution < 1.29 is 26.3 Å². The lowest BCUT2D eigenvalue weighted by atomic mass is 10.2. The predicted molar refractivity (Wildman–Crippen MR) is 73.5 cm³/mol. The minimum atomic E-state index is -4.18. The molecule has 1 atom stereocenters. The second-order valence-corrected chi connectivity index (χ2v) is 8.83. The van der Waals surface area contributed by atoms with Crippen LogP contribution in [-0.4, -0.2) is 51.7 Å². The van der Waals surface area contributed by atoms with E-state index in [1.165, 1.54) is 0 Å². The first kappa shape index (κ1) is 16.3. The lowest BCUT2D eigenvalue weighted by Gasteiger charge is -2.22. The molecule has 9 heteroatoms. The molecular formula is C12H16FNO5S2. The van der Waals surface area contributed by atoms with Crippen molar-refractivity contribution in [2.24, 2.45) is 0 Å². The third-order valence-electron chi connectivity index (χ3n) is 3.45. The van der Waals surface area contributed by atoms with Crippen LogP contribution in [0.1, 0.15) is 12.8 Å². The molecule has 0 spiro atoms. The van der Waals surface area contributed by atoms with Gasteiger partial charge in [-0.15, -0.1) is 0 Å². The van der Waals surface area contributed by atoms with Crippen molar-refractivity contribution in [2.45, 2.75) is 28.7 Å². The number of benzene rings is 1. The molecule has 0 aliphatic carbocycles. The zero-order valence-electron chi connectivity index (χ0n) is 11.4. The fraction of sp³-hybridized carbons (Fsp3) is 0.500. The van der Waals surface area contributed by atoms with Crippen molar-refractivity contribution in [3.05, 3.63) is 24.0 Å². The molecule has 1 aromatic rings. The fourth-order valence-electron chi connectivity index (χ4n) is 2.35. The van der Waals surface area contributed by atoms with Gasteiger partial charge in [0.25, 0.3) is 0 Å². The summed E-state index contributed by atoms with van der Waals surface area (Å²) in [6, 6.07) is 2.08. The molecule has 0 bridgehead atoms. The van der Waals surface area contributed by atoms with Crippen LogP contribution in [0.3, 0.4) is 0 Å². The van der Waals surface area contributed by atoms with E-state index in [9.17, 15) is 26.3 Å². The van der Waals surface area contributed by atoms with Gasteiger partial charge in [-0.05, 0) is 31.0 Å². The van der Waals surface area contributed by atoms with Gasteiger partial charge in [0.1, 0.15) is 10.7 Å². The Hall–Kier alpha value is -1.03. The molecule has 0 radical (unpaired) electrons. The number of sulfonamides is 1. The topological polar surface area (TPSA) is 91.8 Å². The second kappa shape index (κ2) is 5.64. The SMILES string of the molecule is CS(=O)(=O)c1ccc(F)c(S(=O)(=O)N2CCCC2CO)c1. The van der Waals surface area contributed by atoms with Gasteiger partial charge in [-0.2, -0.15) is 4.31 Å². The summed E-state index contributed by atoms with van der Waals surface area (Å²) in [5.41, 5.74) is 0. The fourth-order valence-corrected chi connectivity index (χ4v) is 4.85. The van der Waals surface area contributed by atoms with Gasteiger partial charge in [0.2, 0.25) is 10.0 Å². The van der Waals surface area contributed by atoms with E-state index in [1.54, 1.807) is 0 Å². The lowest BCUT2D eigenvalue weighted by Crippen LogP contribution is -2.38. The molecule has 1 aliphatic rings. The van der Waals surface area contributed by atoms with Gasteiger partial charge in [-0.25, -0.2) is 21.2 Å². The zero-order valence-corrected chi connectivity index (χ0v) is 13.0. The highest BCUT2D eigenvalue weighted by molar-refractivity contribution is 7.91. The molecule has 118 valence electrons. The van der Waals surface area contributed by atoms with Crippen LogP contribution in [0.15, 0.2) is 28.0 Å². The van der Waals surface area contributed by atoms with Crippen molar-refractivity contribution in [1.82, 2.24) is 4.31 Å². The number of hydrogen-bond donors (Lipinski definition) is 1. The second-order valence-electron chi connectivity index (χ2n) is 4.96. The van der Waals surface area contributed by atoms with Crippen LogP contribution >= 0.6 is 0 Å². The van der Waals surface area contributed by atoms with Gasteiger partial charge in [0, 0.05) is 18.8 Å². The van der Waals surface area contributed by atoms with Gasteiger partial charge in [0.05, 0.1) is 11.5 Å². The van der Waals surface area contributed by atoms with Crippen LogP contribution in [0.4, 0.5) is 4.39 Å². The summed E-state index contributed by atoms with van der Waals surface area (Å²) in [4.78, 5) is -0.937. The van der Waals surface area contributed by atoms with E-state index >= 15 is 0 Å². The molecule has 6 nitrogen and oxygen atoms in total. The summed E-state index contributed by atoms with van der Waals surface area (Å²) in [5.74, 6) is -1.01. The Balaban J connectivity index is 2.54. The molecule has 0 saturated carbocycles. The molecule has 1 heterocycles. The van der Waals surface area contributed by atoms with Crippen molar-refractivity contribution in [2.75, 3.05) is 19.4 Å². The zero-order chi connectivity index (χ0) is 15.8. The Kier molecular flexibility index (Phi) is 4.39. The monoisotopic (exact) mass is 337 g/mol. The molecular weight excluding hydrogens is 321 g/mol. The van der Waals surface area contributed by atoms with Crippen molar-refractivity contribution in [1.29, 1.82) is 0 Å². The van der Waals surface area contributed by atoms with Gasteiger partial charge in [0.15, 0.2) is 9.84 Å². The van der Waals surface area contributed by atoms with Crippen molar-refractivity contribution >= 4 is 19.9 Å². The first-order chi connectivity index (χ1) is 9.67. The number of nitrogens with zero attached hydrogens (tertiary/aromatic N) is 1. The highest BCUT2D eigenvalue weighted by Gasteiger charge is 2.36. The average Bonchev–Trinajstić information content (AvgIpc) is 2.86. The third kappa shape index (κ3) is 3.10. The van der Waals surface area contributed by atoms with E-state index in [4.69, 9.17) is 0 Å². The Labute approximate surface area is 123 Å². The number of aliphatic hydroxyl groups excluding tert-OH is 1. The minimum Gasteiger partial charge on any atom is -0.395 e. The standard InChI is InChI=1S/C12H16FNO5S2/c1-20(16,17)10-4-5-11(13)12(7-10)21(18,19)14-6-2-3-9(14)8-15/h4-5,7,9,15H,2-3,6,8H2,1H3. The number of rotatable bonds is 4. The highest BCUT2D eigenvalue weighted by Crippen LogP contribution is 2.28. The molecule has 1 fully saturated rings. The number of hydrogen-bond acceptors (Lipinski definition) is 5. The molecule has 1 unspecified atom stereocenters. The van der Waals surface area contributed by atoms with E-state index in [0.29, 0.717) is 12.8 Å². The highest BCUT2D eigenvalue weighted by atomic mass is 32.2. The van der Waals surface area contributed by atoms with E-state index in [1.807, 2.05) is 0 Å². The molecule has 0 aromatic heterocycles. The van der Waals surface area contributed by atoms with Gasteiger partial charge in [-0.3, -0.25) is 0 Å². The van der Waals surface area contributed by atoms with E-state index in [2.05, 4.69) is 0 Å². The van der Waals surface area contributed by atoms with Gasteiger partial charge < -0.3 is 5.11 Å². The molecule has 1 N–H and O–H groups in total. The van der Waals surface area contributed by atoms with Crippen molar-refractivity contribution in [3.63, 3.8) is 0 Å². The normalized spacial score (nSPS) is 20.8. The maximum Gasteiger partial charge on any atom is 0.246 e. The van der Waals surface area contributed by atoms with Crippen LogP contribution in [-0.2, 0) is 19.9 Å². The predicted octanol–water partition coefficient (Wildman–Crippen LogP) is 0.375. The van der Waals surface area contributed by atoms with Crippen LogP contribution in [0.5, 0.6) is 0 Å². The van der Waals surface area contributed by atoms with Gasteiger partial charge in [-0.1, -0.05) is 0 Å². The average molecular weight is 337 g/mol. The summed E-state index contributed by atoms with van der Waals surface area (Å²) in [7, 11) is -7.82. The Morgan fingerprint density at radius 2 is 2.00 bits per heavy atom. The summed E-state index contributed by atoms with van der Waals surface area (Å²) in [6.45, 7) is -0.178. The molecule has 2 rings (SSSR count). The summed E-state index contributed by atoms with van der Waals surface area (Å²) < 4.78 is 62.9. The molecule has 1 saturated heterocycles. The Morgan fingerprint density at radius 1 is 1.33 bits per heavy atom. The number of halogens is 1. The van der Waals surface area contributed by atoms with Gasteiger partial charge >= 0.3 is 0 Å². The Morgan fingerprint density at radius 3 is 2.57 bits per heavy atom.